The van der Waals surface area contributed by atoms with Gasteiger partial charge in [-0.05, 0) is 63.0 Å². The fraction of sp³-hybridized carbons (Fsp3) is 0.409. The van der Waals surface area contributed by atoms with Crippen LogP contribution in [0, 0.1) is 0 Å². The molecule has 2 aliphatic rings. The third-order valence-electron chi connectivity index (χ3n) is 5.47. The maximum absolute atomic E-state index is 13.4. The van der Waals surface area contributed by atoms with Gasteiger partial charge >= 0.3 is 0 Å². The fourth-order valence-corrected chi connectivity index (χ4v) is 3.99. The fourth-order valence-electron chi connectivity index (χ4n) is 3.99. The van der Waals surface area contributed by atoms with Crippen molar-refractivity contribution in [2.45, 2.75) is 31.2 Å². The second kappa shape index (κ2) is 9.30. The van der Waals surface area contributed by atoms with Gasteiger partial charge in [-0.2, -0.15) is 0 Å². The number of nitrogens with zero attached hydrogens (tertiary/aromatic N) is 1. The first kappa shape index (κ1) is 20.5. The largest absolute Gasteiger partial charge is 0.494 e. The minimum absolute atomic E-state index is 0. The number of benzene rings is 2. The van der Waals surface area contributed by atoms with E-state index in [0.29, 0.717) is 6.61 Å². The summed E-state index contributed by atoms with van der Waals surface area (Å²) in [4.78, 5) is 15.3. The minimum Gasteiger partial charge on any atom is -0.494 e. The van der Waals surface area contributed by atoms with Crippen LogP contribution in [-0.2, 0) is 4.79 Å². The van der Waals surface area contributed by atoms with E-state index in [0.717, 1.165) is 62.4 Å². The number of hydrogen-bond acceptors (Lipinski definition) is 4. The number of hydrogen-bond donors (Lipinski definition) is 2. The van der Waals surface area contributed by atoms with Gasteiger partial charge < -0.3 is 20.3 Å². The number of fused-ring (bicyclic) bond motifs is 1. The molecule has 2 aromatic rings. The van der Waals surface area contributed by atoms with Crippen molar-refractivity contribution in [2.24, 2.45) is 0 Å². The van der Waals surface area contributed by atoms with Gasteiger partial charge in [0, 0.05) is 6.54 Å². The first-order valence-electron chi connectivity index (χ1n) is 9.86. The molecule has 1 amide bonds. The monoisotopic (exact) mass is 401 g/mol. The van der Waals surface area contributed by atoms with E-state index in [1.165, 1.54) is 0 Å². The summed E-state index contributed by atoms with van der Waals surface area (Å²) >= 11 is 0. The van der Waals surface area contributed by atoms with Crippen molar-refractivity contribution in [3.63, 3.8) is 0 Å². The highest BCUT2D eigenvalue weighted by Gasteiger charge is 2.46. The molecule has 2 aromatic carbocycles. The summed E-state index contributed by atoms with van der Waals surface area (Å²) in [6.07, 6.45) is 3.49. The third kappa shape index (κ3) is 4.26. The van der Waals surface area contributed by atoms with Crippen LogP contribution < -0.4 is 20.3 Å². The van der Waals surface area contributed by atoms with E-state index in [-0.39, 0.29) is 18.3 Å². The highest BCUT2D eigenvalue weighted by atomic mass is 35.5. The van der Waals surface area contributed by atoms with E-state index in [9.17, 15) is 4.79 Å². The second-order valence-corrected chi connectivity index (χ2v) is 7.30. The molecule has 2 aliphatic heterocycles. The number of ether oxygens (including phenoxy) is 1. The lowest BCUT2D eigenvalue weighted by molar-refractivity contribution is -0.124. The molecule has 1 fully saturated rings. The Balaban J connectivity index is 0.00000225. The Morgan fingerprint density at radius 2 is 1.68 bits per heavy atom. The van der Waals surface area contributed by atoms with E-state index in [1.807, 2.05) is 53.4 Å². The zero-order valence-electron chi connectivity index (χ0n) is 16.0. The lowest BCUT2D eigenvalue weighted by atomic mass is 9.84. The molecule has 4 rings (SSSR count). The van der Waals surface area contributed by atoms with Crippen molar-refractivity contribution in [3.8, 4) is 5.75 Å². The second-order valence-electron chi connectivity index (χ2n) is 7.30. The van der Waals surface area contributed by atoms with Crippen molar-refractivity contribution < 1.29 is 9.53 Å². The molecule has 1 saturated heterocycles. The van der Waals surface area contributed by atoms with Crippen molar-refractivity contribution >= 4 is 29.7 Å². The molecule has 0 bridgehead atoms. The molecule has 0 unspecified atom stereocenters. The Morgan fingerprint density at radius 1 is 0.964 bits per heavy atom. The highest BCUT2D eigenvalue weighted by molar-refractivity contribution is 6.08. The molecule has 0 aromatic heterocycles. The molecule has 2 heterocycles. The summed E-state index contributed by atoms with van der Waals surface area (Å²) in [5, 5.41) is 6.92. The van der Waals surface area contributed by atoms with Gasteiger partial charge in [-0.25, -0.2) is 0 Å². The van der Waals surface area contributed by atoms with E-state index in [1.54, 1.807) is 0 Å². The minimum atomic E-state index is -0.458. The van der Waals surface area contributed by atoms with Crippen LogP contribution in [0.3, 0.4) is 0 Å². The third-order valence-corrected chi connectivity index (χ3v) is 5.47. The SMILES string of the molecule is Cl.O=C1N(CCCCOc2ccccc2)c2ccccc2NC12CCNCC2. The number of nitrogens with one attached hydrogen (secondary N) is 2. The first-order chi connectivity index (χ1) is 13.3. The van der Waals surface area contributed by atoms with Gasteiger partial charge in [-0.3, -0.25) is 4.79 Å². The Kier molecular flexibility index (Phi) is 6.81. The first-order valence-corrected chi connectivity index (χ1v) is 9.86. The number of amides is 1. The lowest BCUT2D eigenvalue weighted by Gasteiger charge is -2.46. The molecule has 0 radical (unpaired) electrons. The molecule has 5 nitrogen and oxygen atoms in total. The number of carbonyl (C=O) groups is 1. The topological polar surface area (TPSA) is 53.6 Å². The zero-order chi connectivity index (χ0) is 18.5. The summed E-state index contributed by atoms with van der Waals surface area (Å²) in [5.41, 5.74) is 1.61. The predicted molar refractivity (Wildman–Crippen MR) is 116 cm³/mol. The van der Waals surface area contributed by atoms with Gasteiger partial charge in [0.05, 0.1) is 18.0 Å². The smallest absolute Gasteiger partial charge is 0.252 e. The number of piperidine rings is 1. The van der Waals surface area contributed by atoms with Crippen LogP contribution in [0.5, 0.6) is 5.75 Å². The molecule has 0 atom stereocenters. The molecule has 6 heteroatoms. The number of carbonyl (C=O) groups excluding carboxylic acids is 1. The normalized spacial score (nSPS) is 17.4. The lowest BCUT2D eigenvalue weighted by Crippen LogP contribution is -2.61. The van der Waals surface area contributed by atoms with Crippen LogP contribution >= 0.6 is 12.4 Å². The van der Waals surface area contributed by atoms with E-state index in [4.69, 9.17) is 4.74 Å². The standard InChI is InChI=1S/C22H27N3O2.ClH/c26-21-22(12-14-23-15-13-22)24-19-10-4-5-11-20(19)25(21)16-6-7-17-27-18-8-2-1-3-9-18;/h1-5,8-11,23-24H,6-7,12-17H2;1H. The van der Waals surface area contributed by atoms with E-state index < -0.39 is 5.54 Å². The summed E-state index contributed by atoms with van der Waals surface area (Å²) in [5.74, 6) is 1.11. The van der Waals surface area contributed by atoms with Gasteiger partial charge in [0.2, 0.25) is 0 Å². The predicted octanol–water partition coefficient (Wildman–Crippen LogP) is 3.85. The molecular formula is C22H28ClN3O2. The van der Waals surface area contributed by atoms with Crippen molar-refractivity contribution in [1.29, 1.82) is 0 Å². The van der Waals surface area contributed by atoms with Crippen molar-refractivity contribution in [1.82, 2.24) is 5.32 Å². The van der Waals surface area contributed by atoms with Crippen molar-refractivity contribution in [2.75, 3.05) is 36.5 Å². The summed E-state index contributed by atoms with van der Waals surface area (Å²) in [6.45, 7) is 3.14. The average Bonchev–Trinajstić information content (AvgIpc) is 2.72. The quantitative estimate of drug-likeness (QED) is 0.722. The van der Waals surface area contributed by atoms with Crippen LogP contribution in [0.1, 0.15) is 25.7 Å². The molecule has 2 N–H and O–H groups in total. The number of unbranched alkanes of at least 4 members (excludes halogenated alkanes) is 1. The number of para-hydroxylation sites is 3. The zero-order valence-corrected chi connectivity index (χ0v) is 16.8. The molecule has 1 spiro atoms. The number of rotatable bonds is 6. The van der Waals surface area contributed by atoms with Gasteiger partial charge in [0.25, 0.3) is 5.91 Å². The van der Waals surface area contributed by atoms with E-state index >= 15 is 0 Å². The average molecular weight is 402 g/mol. The van der Waals surface area contributed by atoms with Gasteiger partial charge in [0.15, 0.2) is 0 Å². The summed E-state index contributed by atoms with van der Waals surface area (Å²) in [7, 11) is 0. The van der Waals surface area contributed by atoms with Gasteiger partial charge in [-0.1, -0.05) is 30.3 Å². The van der Waals surface area contributed by atoms with Gasteiger partial charge in [-0.15, -0.1) is 12.4 Å². The Bertz CT molecular complexity index is 778. The molecule has 0 aliphatic carbocycles. The molecule has 150 valence electrons. The van der Waals surface area contributed by atoms with Crippen LogP contribution in [-0.4, -0.2) is 37.7 Å². The maximum atomic E-state index is 13.4. The molecular weight excluding hydrogens is 374 g/mol. The molecule has 0 saturated carbocycles. The Labute approximate surface area is 172 Å². The van der Waals surface area contributed by atoms with E-state index in [2.05, 4.69) is 16.7 Å². The van der Waals surface area contributed by atoms with Gasteiger partial charge in [0.1, 0.15) is 11.3 Å². The summed E-state index contributed by atoms with van der Waals surface area (Å²) in [6, 6.07) is 18.0. The highest BCUT2D eigenvalue weighted by Crippen LogP contribution is 2.39. The van der Waals surface area contributed by atoms with Crippen LogP contribution in [0.25, 0.3) is 0 Å². The number of halogens is 1. The Morgan fingerprint density at radius 3 is 2.46 bits per heavy atom. The maximum Gasteiger partial charge on any atom is 0.252 e. The number of anilines is 2. The molecule has 28 heavy (non-hydrogen) atoms. The Hall–Kier alpha value is -2.24. The van der Waals surface area contributed by atoms with Crippen LogP contribution in [0.15, 0.2) is 54.6 Å². The van der Waals surface area contributed by atoms with Crippen LogP contribution in [0.2, 0.25) is 0 Å². The summed E-state index contributed by atoms with van der Waals surface area (Å²) < 4.78 is 5.78. The van der Waals surface area contributed by atoms with Crippen LogP contribution in [0.4, 0.5) is 11.4 Å². The van der Waals surface area contributed by atoms with Crippen molar-refractivity contribution in [3.05, 3.63) is 54.6 Å².